The number of ether oxygens (including phenoxy) is 2. The Morgan fingerprint density at radius 2 is 1.91 bits per heavy atom. The third-order valence-electron chi connectivity index (χ3n) is 3.58. The minimum absolute atomic E-state index is 0.0508. The lowest BCUT2D eigenvalue weighted by atomic mass is 10.0. The Hall–Kier alpha value is -1.32. The molecule has 1 aromatic rings. The lowest BCUT2D eigenvalue weighted by Crippen LogP contribution is -2.41. The zero-order chi connectivity index (χ0) is 17.1. The Kier molecular flexibility index (Phi) is 5.53. The third kappa shape index (κ3) is 4.82. The molecule has 1 aliphatic rings. The molecule has 1 saturated heterocycles. The molecule has 1 heterocycles. The van der Waals surface area contributed by atoms with Gasteiger partial charge in [0.25, 0.3) is 0 Å². The highest BCUT2D eigenvalue weighted by molar-refractivity contribution is 7.89. The number of rotatable bonds is 5. The quantitative estimate of drug-likeness (QED) is 0.817. The molecule has 130 valence electrons. The molecule has 5 nitrogen and oxygen atoms in total. The maximum Gasteiger partial charge on any atom is 0.573 e. The van der Waals surface area contributed by atoms with Gasteiger partial charge in [0.2, 0.25) is 10.0 Å². The normalized spacial score (nSPS) is 20.4. The topological polar surface area (TPSA) is 55.8 Å². The number of methoxy groups -OCH3 is 1. The Bertz CT molecular complexity index is 614. The van der Waals surface area contributed by atoms with Crippen LogP contribution in [0.15, 0.2) is 29.2 Å². The summed E-state index contributed by atoms with van der Waals surface area (Å²) in [6, 6.07) is 4.24. The second-order valence-electron chi connectivity index (χ2n) is 5.35. The summed E-state index contributed by atoms with van der Waals surface area (Å²) < 4.78 is 71.6. The molecule has 1 aliphatic heterocycles. The molecule has 1 atom stereocenters. The zero-order valence-corrected chi connectivity index (χ0v) is 13.4. The minimum Gasteiger partial charge on any atom is -0.406 e. The fourth-order valence-electron chi connectivity index (χ4n) is 2.58. The average molecular weight is 353 g/mol. The molecule has 0 aliphatic carbocycles. The second-order valence-corrected chi connectivity index (χ2v) is 7.28. The van der Waals surface area contributed by atoms with E-state index in [0.29, 0.717) is 19.7 Å². The van der Waals surface area contributed by atoms with Gasteiger partial charge >= 0.3 is 6.36 Å². The average Bonchev–Trinajstić information content (AvgIpc) is 2.47. The summed E-state index contributed by atoms with van der Waals surface area (Å²) in [7, 11) is -2.17. The molecule has 0 spiro atoms. The first kappa shape index (κ1) is 18.0. The predicted molar refractivity (Wildman–Crippen MR) is 76.5 cm³/mol. The van der Waals surface area contributed by atoms with E-state index in [1.54, 1.807) is 7.11 Å². The van der Waals surface area contributed by atoms with Gasteiger partial charge in [0.1, 0.15) is 5.75 Å². The summed E-state index contributed by atoms with van der Waals surface area (Å²) in [5.41, 5.74) is 0. The van der Waals surface area contributed by atoms with E-state index < -0.39 is 22.1 Å². The maximum absolute atomic E-state index is 12.6. The minimum atomic E-state index is -4.80. The molecule has 23 heavy (non-hydrogen) atoms. The summed E-state index contributed by atoms with van der Waals surface area (Å²) in [5.74, 6) is -0.330. The predicted octanol–water partition coefficient (Wildman–Crippen LogP) is 2.63. The van der Waals surface area contributed by atoms with Crippen molar-refractivity contribution < 1.29 is 31.1 Å². The first-order chi connectivity index (χ1) is 10.7. The number of benzene rings is 1. The fraction of sp³-hybridized carbons (Fsp3) is 0.571. The van der Waals surface area contributed by atoms with Crippen LogP contribution in [0.1, 0.15) is 12.8 Å². The lowest BCUT2D eigenvalue weighted by molar-refractivity contribution is -0.274. The monoisotopic (exact) mass is 353 g/mol. The number of hydrogen-bond donors (Lipinski definition) is 0. The van der Waals surface area contributed by atoms with Crippen molar-refractivity contribution in [2.75, 3.05) is 26.8 Å². The van der Waals surface area contributed by atoms with Crippen molar-refractivity contribution in [3.8, 4) is 5.75 Å². The SMILES string of the molecule is COCC1CCCN(S(=O)(=O)c2ccc(OC(F)(F)F)cc2)C1. The van der Waals surface area contributed by atoms with E-state index in [0.717, 1.165) is 37.1 Å². The zero-order valence-electron chi connectivity index (χ0n) is 12.5. The van der Waals surface area contributed by atoms with E-state index >= 15 is 0 Å². The van der Waals surface area contributed by atoms with Crippen molar-refractivity contribution in [1.29, 1.82) is 0 Å². The molecule has 0 amide bonds. The largest absolute Gasteiger partial charge is 0.573 e. The van der Waals surface area contributed by atoms with Gasteiger partial charge in [-0.15, -0.1) is 13.2 Å². The lowest BCUT2D eigenvalue weighted by Gasteiger charge is -2.31. The van der Waals surface area contributed by atoms with E-state index in [9.17, 15) is 21.6 Å². The van der Waals surface area contributed by atoms with E-state index in [2.05, 4.69) is 4.74 Å². The van der Waals surface area contributed by atoms with Crippen molar-refractivity contribution >= 4 is 10.0 Å². The Balaban J connectivity index is 2.13. The third-order valence-corrected chi connectivity index (χ3v) is 5.46. The standard InChI is InChI=1S/C14H18F3NO4S/c1-21-10-11-3-2-8-18(9-11)23(19,20)13-6-4-12(5-7-13)22-14(15,16)17/h4-7,11H,2-3,8-10H2,1H3. The molecule has 0 aromatic heterocycles. The van der Waals surface area contributed by atoms with Gasteiger partial charge in [-0.05, 0) is 43.0 Å². The van der Waals surface area contributed by atoms with Crippen LogP contribution in [0.3, 0.4) is 0 Å². The first-order valence-electron chi connectivity index (χ1n) is 7.07. The second kappa shape index (κ2) is 7.06. The molecule has 0 saturated carbocycles. The van der Waals surface area contributed by atoms with Gasteiger partial charge in [-0.1, -0.05) is 0 Å². The fourth-order valence-corrected chi connectivity index (χ4v) is 4.13. The molecular formula is C14H18F3NO4S. The van der Waals surface area contributed by atoms with Crippen LogP contribution in [0, 0.1) is 5.92 Å². The van der Waals surface area contributed by atoms with Crippen LogP contribution in [0.2, 0.25) is 0 Å². The van der Waals surface area contributed by atoms with Crippen LogP contribution < -0.4 is 4.74 Å². The van der Waals surface area contributed by atoms with Crippen molar-refractivity contribution in [1.82, 2.24) is 4.31 Å². The smallest absolute Gasteiger partial charge is 0.406 e. The van der Waals surface area contributed by atoms with Crippen LogP contribution >= 0.6 is 0 Å². The molecule has 2 rings (SSSR count). The number of halogens is 3. The molecule has 1 unspecified atom stereocenters. The van der Waals surface area contributed by atoms with Crippen LogP contribution in [0.25, 0.3) is 0 Å². The highest BCUT2D eigenvalue weighted by atomic mass is 32.2. The van der Waals surface area contributed by atoms with Gasteiger partial charge in [0.05, 0.1) is 11.5 Å². The van der Waals surface area contributed by atoms with Crippen LogP contribution in [0.4, 0.5) is 13.2 Å². The maximum atomic E-state index is 12.6. The number of alkyl halides is 3. The summed E-state index contributed by atoms with van der Waals surface area (Å²) in [6.07, 6.45) is -3.19. The van der Waals surface area contributed by atoms with Crippen molar-refractivity contribution in [2.45, 2.75) is 24.1 Å². The van der Waals surface area contributed by atoms with Crippen LogP contribution in [-0.2, 0) is 14.8 Å². The van der Waals surface area contributed by atoms with Gasteiger partial charge in [0, 0.05) is 20.2 Å². The van der Waals surface area contributed by atoms with Crippen molar-refractivity contribution in [2.24, 2.45) is 5.92 Å². The number of piperidine rings is 1. The number of hydrogen-bond acceptors (Lipinski definition) is 4. The number of sulfonamides is 1. The van der Waals surface area contributed by atoms with Crippen molar-refractivity contribution in [3.63, 3.8) is 0 Å². The first-order valence-corrected chi connectivity index (χ1v) is 8.51. The van der Waals surface area contributed by atoms with E-state index in [-0.39, 0.29) is 10.8 Å². The summed E-state index contributed by atoms with van der Waals surface area (Å²) in [5, 5.41) is 0. The Morgan fingerprint density at radius 1 is 1.26 bits per heavy atom. The Morgan fingerprint density at radius 3 is 2.48 bits per heavy atom. The molecule has 0 bridgehead atoms. The molecule has 0 radical (unpaired) electrons. The highest BCUT2D eigenvalue weighted by Gasteiger charge is 2.32. The molecular weight excluding hydrogens is 335 g/mol. The van der Waals surface area contributed by atoms with Crippen molar-refractivity contribution in [3.05, 3.63) is 24.3 Å². The molecule has 1 fully saturated rings. The van der Waals surface area contributed by atoms with Gasteiger partial charge < -0.3 is 9.47 Å². The molecule has 9 heteroatoms. The van der Waals surface area contributed by atoms with Crippen LogP contribution in [0.5, 0.6) is 5.75 Å². The number of nitrogens with zero attached hydrogens (tertiary/aromatic N) is 1. The van der Waals surface area contributed by atoms with E-state index in [1.165, 1.54) is 4.31 Å². The van der Waals surface area contributed by atoms with Gasteiger partial charge in [-0.2, -0.15) is 4.31 Å². The Labute approximate surface area is 133 Å². The van der Waals surface area contributed by atoms with Gasteiger partial charge in [0.15, 0.2) is 0 Å². The van der Waals surface area contributed by atoms with Crippen LogP contribution in [-0.4, -0.2) is 45.9 Å². The summed E-state index contributed by atoms with van der Waals surface area (Å²) in [6.45, 7) is 1.21. The van der Waals surface area contributed by atoms with E-state index in [1.807, 2.05) is 0 Å². The molecule has 1 aromatic carbocycles. The summed E-state index contributed by atoms with van der Waals surface area (Å²) >= 11 is 0. The van der Waals surface area contributed by atoms with Gasteiger partial charge in [-0.3, -0.25) is 0 Å². The molecule has 0 N–H and O–H groups in total. The van der Waals surface area contributed by atoms with Gasteiger partial charge in [-0.25, -0.2) is 8.42 Å². The summed E-state index contributed by atoms with van der Waals surface area (Å²) in [4.78, 5) is -0.0508. The highest BCUT2D eigenvalue weighted by Crippen LogP contribution is 2.27. The van der Waals surface area contributed by atoms with E-state index in [4.69, 9.17) is 4.74 Å².